The lowest BCUT2D eigenvalue weighted by Crippen LogP contribution is -2.33. The van der Waals surface area contributed by atoms with E-state index in [0.29, 0.717) is 11.2 Å². The van der Waals surface area contributed by atoms with Crippen molar-refractivity contribution in [3.63, 3.8) is 0 Å². The second kappa shape index (κ2) is 7.86. The molecule has 3 aromatic heterocycles. The van der Waals surface area contributed by atoms with E-state index in [0.717, 1.165) is 42.3 Å². The molecule has 1 amide bonds. The van der Waals surface area contributed by atoms with Crippen molar-refractivity contribution in [3.8, 4) is 11.1 Å². The monoisotopic (exact) mass is 411 g/mol. The van der Waals surface area contributed by atoms with Crippen LogP contribution in [0.5, 0.6) is 0 Å². The molecule has 10 heteroatoms. The molecule has 0 unspecified atom stereocenters. The van der Waals surface area contributed by atoms with Crippen molar-refractivity contribution in [2.24, 2.45) is 12.8 Å². The number of aromatic nitrogens is 5. The average Bonchev–Trinajstić information content (AvgIpc) is 3.12. The summed E-state index contributed by atoms with van der Waals surface area (Å²) in [7, 11) is 1.81. The number of carbonyl (C=O) groups is 1. The number of pyridine rings is 1. The van der Waals surface area contributed by atoms with Gasteiger partial charge in [-0.05, 0) is 38.7 Å². The third-order valence-corrected chi connectivity index (χ3v) is 5.59. The first kappa shape index (κ1) is 20.0. The van der Waals surface area contributed by atoms with Crippen molar-refractivity contribution in [2.75, 3.05) is 12.3 Å². The van der Waals surface area contributed by atoms with E-state index < -0.39 is 5.91 Å². The van der Waals surface area contributed by atoms with Gasteiger partial charge in [0.1, 0.15) is 12.3 Å². The van der Waals surface area contributed by atoms with E-state index >= 15 is 0 Å². The Balaban J connectivity index is 1.77. The van der Waals surface area contributed by atoms with E-state index in [9.17, 15) is 9.59 Å². The van der Waals surface area contributed by atoms with Gasteiger partial charge < -0.3 is 16.2 Å². The third-order valence-electron chi connectivity index (χ3n) is 5.59. The summed E-state index contributed by atoms with van der Waals surface area (Å²) in [5, 5.41) is 4.99. The largest absolute Gasteiger partial charge is 0.368 e. The number of primary amides is 1. The summed E-state index contributed by atoms with van der Waals surface area (Å²) in [6, 6.07) is 1.76. The Hall–Kier alpha value is -3.27. The van der Waals surface area contributed by atoms with Gasteiger partial charge in [-0.1, -0.05) is 0 Å². The summed E-state index contributed by atoms with van der Waals surface area (Å²) < 4.78 is 8.97. The van der Waals surface area contributed by atoms with E-state index in [1.807, 2.05) is 26.2 Å². The molecule has 0 aromatic carbocycles. The average molecular weight is 411 g/mol. The first-order chi connectivity index (χ1) is 14.3. The van der Waals surface area contributed by atoms with E-state index in [4.69, 9.17) is 16.2 Å². The number of fused-ring (bicyclic) bond motifs is 1. The summed E-state index contributed by atoms with van der Waals surface area (Å²) in [4.78, 5) is 33.2. The zero-order valence-corrected chi connectivity index (χ0v) is 17.0. The number of carbonyl (C=O) groups excluding carboxylic acids is 1. The summed E-state index contributed by atoms with van der Waals surface area (Å²) in [6.45, 7) is 1.77. The van der Waals surface area contributed by atoms with Crippen molar-refractivity contribution >= 4 is 22.9 Å². The molecule has 30 heavy (non-hydrogen) atoms. The molecule has 1 saturated carbocycles. The Morgan fingerprint density at radius 3 is 2.63 bits per heavy atom. The van der Waals surface area contributed by atoms with Crippen molar-refractivity contribution in [3.05, 3.63) is 34.5 Å². The molecule has 0 bridgehead atoms. The van der Waals surface area contributed by atoms with Gasteiger partial charge >= 0.3 is 0 Å². The van der Waals surface area contributed by atoms with Gasteiger partial charge in [0, 0.05) is 30.2 Å². The van der Waals surface area contributed by atoms with Gasteiger partial charge in [0.2, 0.25) is 11.9 Å². The van der Waals surface area contributed by atoms with Crippen LogP contribution in [0.15, 0.2) is 23.3 Å². The van der Waals surface area contributed by atoms with Gasteiger partial charge in [0.05, 0.1) is 23.6 Å². The molecule has 0 spiro atoms. The van der Waals surface area contributed by atoms with Gasteiger partial charge in [-0.2, -0.15) is 10.1 Å². The molecular weight excluding hydrogens is 386 g/mol. The second-order valence-electron chi connectivity index (χ2n) is 7.75. The molecule has 0 saturated heterocycles. The van der Waals surface area contributed by atoms with Gasteiger partial charge in [-0.15, -0.1) is 0 Å². The molecule has 0 atom stereocenters. The summed E-state index contributed by atoms with van der Waals surface area (Å²) >= 11 is 0. The van der Waals surface area contributed by atoms with E-state index in [-0.39, 0.29) is 30.3 Å². The van der Waals surface area contributed by atoms with Crippen molar-refractivity contribution < 1.29 is 9.53 Å². The van der Waals surface area contributed by atoms with E-state index in [2.05, 4.69) is 15.1 Å². The van der Waals surface area contributed by atoms with Crippen molar-refractivity contribution in [1.82, 2.24) is 24.3 Å². The number of aryl methyl sites for hydroxylation is 2. The van der Waals surface area contributed by atoms with Gasteiger partial charge in [-0.25, -0.2) is 4.98 Å². The van der Waals surface area contributed by atoms with E-state index in [1.165, 1.54) is 0 Å². The van der Waals surface area contributed by atoms with Crippen LogP contribution < -0.4 is 17.0 Å². The number of nitrogens with two attached hydrogens (primary N) is 2. The van der Waals surface area contributed by atoms with Gasteiger partial charge in [0.25, 0.3) is 5.56 Å². The number of hydrogen-bond acceptors (Lipinski definition) is 7. The lowest BCUT2D eigenvalue weighted by molar-refractivity contribution is -0.125. The molecule has 4 N–H and O–H groups in total. The minimum Gasteiger partial charge on any atom is -0.368 e. The normalized spacial score (nSPS) is 19.3. The number of nitrogens with zero attached hydrogens (tertiary/aromatic N) is 5. The highest BCUT2D eigenvalue weighted by Crippen LogP contribution is 2.32. The minimum absolute atomic E-state index is 0.0429. The maximum atomic E-state index is 13.5. The number of rotatable bonds is 5. The second-order valence-corrected chi connectivity index (χ2v) is 7.75. The lowest BCUT2D eigenvalue weighted by Gasteiger charge is -2.30. The van der Waals surface area contributed by atoms with Crippen LogP contribution in [0.2, 0.25) is 0 Å². The summed E-state index contributed by atoms with van der Waals surface area (Å²) in [5.74, 6) is -0.341. The van der Waals surface area contributed by atoms with Crippen LogP contribution in [0, 0.1) is 6.92 Å². The molecule has 158 valence electrons. The first-order valence-corrected chi connectivity index (χ1v) is 9.91. The van der Waals surface area contributed by atoms with Crippen LogP contribution >= 0.6 is 0 Å². The Bertz CT molecular complexity index is 1160. The number of ether oxygens (including phenoxy) is 1. The van der Waals surface area contributed by atoms with Crippen LogP contribution in [0.1, 0.15) is 37.4 Å². The highest BCUT2D eigenvalue weighted by Gasteiger charge is 2.27. The van der Waals surface area contributed by atoms with Crippen LogP contribution in [-0.4, -0.2) is 42.9 Å². The van der Waals surface area contributed by atoms with Crippen LogP contribution in [0.4, 0.5) is 5.95 Å². The molecule has 1 fully saturated rings. The van der Waals surface area contributed by atoms with Crippen LogP contribution in [-0.2, 0) is 16.6 Å². The predicted molar refractivity (Wildman–Crippen MR) is 112 cm³/mol. The van der Waals surface area contributed by atoms with Crippen LogP contribution in [0.3, 0.4) is 0 Å². The Morgan fingerprint density at radius 1 is 1.27 bits per heavy atom. The topological polar surface area (TPSA) is 144 Å². The Kier molecular flexibility index (Phi) is 5.25. The molecule has 0 radical (unpaired) electrons. The maximum Gasteiger partial charge on any atom is 0.260 e. The molecular formula is C20H25N7O3. The fourth-order valence-electron chi connectivity index (χ4n) is 4.15. The molecule has 1 aliphatic rings. The van der Waals surface area contributed by atoms with Gasteiger partial charge in [-0.3, -0.25) is 18.8 Å². The van der Waals surface area contributed by atoms with Crippen molar-refractivity contribution in [1.29, 1.82) is 0 Å². The standard InChI is InChI=1S/C20H25N7O3/c1-11-15-7-16(12-8-23-26(2)9-12)19(29)27(18(15)25-20(22)24-11)13-3-5-14(6-4-13)30-10-17(21)28/h7-9,13-14H,3-6,10H2,1-2H3,(H2,21,28)(H2,22,24,25)/t13-,14-. The maximum absolute atomic E-state index is 13.5. The molecule has 3 aromatic rings. The molecule has 0 aliphatic heterocycles. The number of amides is 1. The SMILES string of the molecule is Cc1nc(N)nc2c1cc(-c1cnn(C)c1)c(=O)n2[C@H]1CC[C@H](OCC(N)=O)CC1. The summed E-state index contributed by atoms with van der Waals surface area (Å²) in [5.41, 5.74) is 13.5. The van der Waals surface area contributed by atoms with Crippen LogP contribution in [0.25, 0.3) is 22.2 Å². The fraction of sp³-hybridized carbons (Fsp3) is 0.450. The number of hydrogen-bond donors (Lipinski definition) is 2. The fourth-order valence-corrected chi connectivity index (χ4v) is 4.15. The Labute approximate surface area is 172 Å². The Morgan fingerprint density at radius 2 is 2.00 bits per heavy atom. The lowest BCUT2D eigenvalue weighted by atomic mass is 9.92. The summed E-state index contributed by atoms with van der Waals surface area (Å²) in [6.07, 6.45) is 6.34. The number of anilines is 1. The quantitative estimate of drug-likeness (QED) is 0.639. The first-order valence-electron chi connectivity index (χ1n) is 9.91. The highest BCUT2D eigenvalue weighted by atomic mass is 16.5. The third kappa shape index (κ3) is 3.78. The van der Waals surface area contributed by atoms with Gasteiger partial charge in [0.15, 0.2) is 0 Å². The number of nitrogen functional groups attached to an aromatic ring is 1. The molecule has 3 heterocycles. The molecule has 10 nitrogen and oxygen atoms in total. The minimum atomic E-state index is -0.480. The molecule has 1 aliphatic carbocycles. The zero-order chi connectivity index (χ0) is 21.4. The smallest absolute Gasteiger partial charge is 0.260 e. The highest BCUT2D eigenvalue weighted by molar-refractivity contribution is 5.84. The molecule has 4 rings (SSSR count). The van der Waals surface area contributed by atoms with Crippen molar-refractivity contribution in [2.45, 2.75) is 44.8 Å². The van der Waals surface area contributed by atoms with E-state index in [1.54, 1.807) is 15.4 Å². The predicted octanol–water partition coefficient (Wildman–Crippen LogP) is 1.07. The zero-order valence-electron chi connectivity index (χ0n) is 17.0.